The molecule has 0 aliphatic heterocycles. The molecule has 1 amide bonds. The number of hydrogen-bond donors (Lipinski definition) is 1. The topological polar surface area (TPSA) is 72.7 Å². The molecule has 0 fully saturated rings. The third kappa shape index (κ3) is 3.83. The molecule has 8 heteroatoms. The summed E-state index contributed by atoms with van der Waals surface area (Å²) >= 11 is 4.97. The van der Waals surface area contributed by atoms with Crippen molar-refractivity contribution in [3.63, 3.8) is 0 Å². The lowest BCUT2D eigenvalue weighted by Crippen LogP contribution is -2.29. The lowest BCUT2D eigenvalue weighted by molar-refractivity contribution is -0.121. The highest BCUT2D eigenvalue weighted by molar-refractivity contribution is 9.10. The van der Waals surface area contributed by atoms with Crippen LogP contribution in [0.1, 0.15) is 23.7 Å². The SMILES string of the molecule is CC(NC(=O)Cc1cccs1)c1nnnn1-c1ccc(Br)cc1. The molecule has 1 atom stereocenters. The molecule has 118 valence electrons. The number of thiophene rings is 1. The van der Waals surface area contributed by atoms with Crippen LogP contribution in [0.5, 0.6) is 0 Å². The van der Waals surface area contributed by atoms with Gasteiger partial charge in [-0.15, -0.1) is 16.4 Å². The minimum atomic E-state index is -0.291. The second-order valence-electron chi connectivity index (χ2n) is 4.97. The van der Waals surface area contributed by atoms with Crippen LogP contribution in [0.15, 0.2) is 46.3 Å². The van der Waals surface area contributed by atoms with Gasteiger partial charge >= 0.3 is 0 Å². The molecule has 2 heterocycles. The molecular weight excluding hydrogens is 378 g/mol. The van der Waals surface area contributed by atoms with Gasteiger partial charge in [0, 0.05) is 9.35 Å². The van der Waals surface area contributed by atoms with Crippen LogP contribution >= 0.6 is 27.3 Å². The normalized spacial score (nSPS) is 12.1. The number of aromatic nitrogens is 4. The Bertz CT molecular complexity index is 785. The van der Waals surface area contributed by atoms with Gasteiger partial charge in [0.2, 0.25) is 5.91 Å². The van der Waals surface area contributed by atoms with Crippen LogP contribution in [0.25, 0.3) is 5.69 Å². The third-order valence-electron chi connectivity index (χ3n) is 3.24. The van der Waals surface area contributed by atoms with Crippen LogP contribution in [-0.4, -0.2) is 26.1 Å². The first-order valence-electron chi connectivity index (χ1n) is 6.99. The van der Waals surface area contributed by atoms with Gasteiger partial charge in [-0.2, -0.15) is 4.68 Å². The summed E-state index contributed by atoms with van der Waals surface area (Å²) in [5.74, 6) is 0.539. The first-order valence-corrected chi connectivity index (χ1v) is 8.66. The predicted molar refractivity (Wildman–Crippen MR) is 91.4 cm³/mol. The van der Waals surface area contributed by atoms with E-state index in [1.807, 2.05) is 48.7 Å². The van der Waals surface area contributed by atoms with Crippen molar-refractivity contribution in [3.8, 4) is 5.69 Å². The molecule has 23 heavy (non-hydrogen) atoms. The quantitative estimate of drug-likeness (QED) is 0.725. The summed E-state index contributed by atoms with van der Waals surface area (Å²) in [4.78, 5) is 13.1. The number of rotatable bonds is 5. The minimum Gasteiger partial charge on any atom is -0.346 e. The van der Waals surface area contributed by atoms with E-state index in [9.17, 15) is 4.79 Å². The molecule has 0 aliphatic carbocycles. The van der Waals surface area contributed by atoms with Crippen molar-refractivity contribution in [2.75, 3.05) is 0 Å². The Kier molecular flexibility index (Phi) is 4.82. The average Bonchev–Trinajstić information content (AvgIpc) is 3.19. The number of amides is 1. The molecule has 3 rings (SSSR count). The summed E-state index contributed by atoms with van der Waals surface area (Å²) < 4.78 is 2.61. The van der Waals surface area contributed by atoms with Gasteiger partial charge in [0.25, 0.3) is 0 Å². The molecule has 2 aromatic heterocycles. The molecule has 3 aromatic rings. The van der Waals surface area contributed by atoms with Crippen molar-refractivity contribution in [2.24, 2.45) is 0 Å². The molecular formula is C15H14BrN5OS. The van der Waals surface area contributed by atoms with Crippen LogP contribution in [0.2, 0.25) is 0 Å². The minimum absolute atomic E-state index is 0.0506. The summed E-state index contributed by atoms with van der Waals surface area (Å²) in [6, 6.07) is 11.2. The maximum absolute atomic E-state index is 12.1. The number of benzene rings is 1. The van der Waals surface area contributed by atoms with Gasteiger partial charge in [0.05, 0.1) is 18.2 Å². The van der Waals surface area contributed by atoms with Crippen molar-refractivity contribution in [2.45, 2.75) is 19.4 Å². The number of carbonyl (C=O) groups excluding carboxylic acids is 1. The van der Waals surface area contributed by atoms with Gasteiger partial charge in [-0.05, 0) is 53.1 Å². The van der Waals surface area contributed by atoms with Gasteiger partial charge in [-0.1, -0.05) is 22.0 Å². The van der Waals surface area contributed by atoms with E-state index >= 15 is 0 Å². The molecule has 6 nitrogen and oxygen atoms in total. The fraction of sp³-hybridized carbons (Fsp3) is 0.200. The summed E-state index contributed by atoms with van der Waals surface area (Å²) in [5.41, 5.74) is 0.840. The van der Waals surface area contributed by atoms with Crippen LogP contribution in [0, 0.1) is 0 Å². The van der Waals surface area contributed by atoms with E-state index in [4.69, 9.17) is 0 Å². The highest BCUT2D eigenvalue weighted by Crippen LogP contribution is 2.17. The Balaban J connectivity index is 1.73. The number of carbonyl (C=O) groups is 1. The van der Waals surface area contributed by atoms with E-state index in [-0.39, 0.29) is 11.9 Å². The van der Waals surface area contributed by atoms with Crippen molar-refractivity contribution in [1.29, 1.82) is 0 Å². The zero-order valence-corrected chi connectivity index (χ0v) is 14.7. The Hall–Kier alpha value is -2.06. The first kappa shape index (κ1) is 15.8. The van der Waals surface area contributed by atoms with Crippen LogP contribution in [0.3, 0.4) is 0 Å². The Morgan fingerprint density at radius 1 is 1.35 bits per heavy atom. The monoisotopic (exact) mass is 391 g/mol. The van der Waals surface area contributed by atoms with Crippen molar-refractivity contribution in [1.82, 2.24) is 25.5 Å². The molecule has 0 saturated heterocycles. The Morgan fingerprint density at radius 3 is 2.83 bits per heavy atom. The molecule has 1 aromatic carbocycles. The van der Waals surface area contributed by atoms with Crippen LogP contribution in [-0.2, 0) is 11.2 Å². The zero-order valence-electron chi connectivity index (χ0n) is 12.3. The van der Waals surface area contributed by atoms with Gasteiger partial charge in [0.1, 0.15) is 0 Å². The number of tetrazole rings is 1. The fourth-order valence-electron chi connectivity index (χ4n) is 2.16. The number of nitrogens with zero attached hydrogens (tertiary/aromatic N) is 4. The van der Waals surface area contributed by atoms with E-state index in [0.29, 0.717) is 12.2 Å². The van der Waals surface area contributed by atoms with Gasteiger partial charge in [-0.25, -0.2) is 0 Å². The summed E-state index contributed by atoms with van der Waals surface area (Å²) in [7, 11) is 0. The molecule has 0 bridgehead atoms. The second-order valence-corrected chi connectivity index (χ2v) is 6.92. The number of nitrogens with one attached hydrogen (secondary N) is 1. The highest BCUT2D eigenvalue weighted by Gasteiger charge is 2.18. The molecule has 0 saturated carbocycles. The maximum atomic E-state index is 12.1. The standard InChI is InChI=1S/C15H14BrN5OS/c1-10(17-14(22)9-13-3-2-8-23-13)15-18-19-20-21(15)12-6-4-11(16)5-7-12/h2-8,10H,9H2,1H3,(H,17,22). The second kappa shape index (κ2) is 7.01. The third-order valence-corrected chi connectivity index (χ3v) is 4.65. The van der Waals surface area contributed by atoms with Gasteiger partial charge in [0.15, 0.2) is 5.82 Å². The maximum Gasteiger partial charge on any atom is 0.225 e. The summed E-state index contributed by atoms with van der Waals surface area (Å²) in [6.45, 7) is 1.87. The first-order chi connectivity index (χ1) is 11.1. The van der Waals surface area contributed by atoms with Crippen molar-refractivity contribution < 1.29 is 4.79 Å². The Labute approximate surface area is 145 Å². The van der Waals surface area contributed by atoms with E-state index < -0.39 is 0 Å². The van der Waals surface area contributed by atoms with Crippen LogP contribution < -0.4 is 5.32 Å². The molecule has 0 spiro atoms. The lowest BCUT2D eigenvalue weighted by atomic mass is 10.2. The highest BCUT2D eigenvalue weighted by atomic mass is 79.9. The predicted octanol–water partition coefficient (Wildman–Crippen LogP) is 2.91. The van der Waals surface area contributed by atoms with Crippen LogP contribution in [0.4, 0.5) is 0 Å². The fourth-order valence-corrected chi connectivity index (χ4v) is 3.13. The van der Waals surface area contributed by atoms with Crippen molar-refractivity contribution >= 4 is 33.2 Å². The van der Waals surface area contributed by atoms with E-state index in [0.717, 1.165) is 15.0 Å². The average molecular weight is 392 g/mol. The Morgan fingerprint density at radius 2 is 2.13 bits per heavy atom. The van der Waals surface area contributed by atoms with Crippen molar-refractivity contribution in [3.05, 3.63) is 57.0 Å². The van der Waals surface area contributed by atoms with Gasteiger partial charge in [-0.3, -0.25) is 4.79 Å². The number of halogens is 1. The smallest absolute Gasteiger partial charge is 0.225 e. The molecule has 1 N–H and O–H groups in total. The number of hydrogen-bond acceptors (Lipinski definition) is 5. The van der Waals surface area contributed by atoms with E-state index in [1.165, 1.54) is 0 Å². The largest absolute Gasteiger partial charge is 0.346 e. The van der Waals surface area contributed by atoms with E-state index in [1.54, 1.807) is 16.0 Å². The van der Waals surface area contributed by atoms with Gasteiger partial charge < -0.3 is 5.32 Å². The summed E-state index contributed by atoms with van der Waals surface area (Å²) in [5, 5.41) is 16.7. The molecule has 0 radical (unpaired) electrons. The zero-order chi connectivity index (χ0) is 16.2. The lowest BCUT2D eigenvalue weighted by Gasteiger charge is -2.13. The van der Waals surface area contributed by atoms with E-state index in [2.05, 4.69) is 36.8 Å². The summed E-state index contributed by atoms with van der Waals surface area (Å²) in [6.07, 6.45) is 0.363. The molecule has 0 aliphatic rings. The molecule has 1 unspecified atom stereocenters.